The SMILES string of the molecule is CC(C)c1cc(Cl)c(O)c(C(C)CC=O)c1. The molecule has 0 fully saturated rings. The van der Waals surface area contributed by atoms with Crippen molar-refractivity contribution in [2.75, 3.05) is 0 Å². The molecule has 16 heavy (non-hydrogen) atoms. The predicted octanol–water partition coefficient (Wildman–Crippen LogP) is 3.86. The minimum atomic E-state index is -0.00583. The van der Waals surface area contributed by atoms with E-state index >= 15 is 0 Å². The summed E-state index contributed by atoms with van der Waals surface area (Å²) in [5.41, 5.74) is 1.83. The van der Waals surface area contributed by atoms with Crippen LogP contribution in [0.1, 0.15) is 50.2 Å². The van der Waals surface area contributed by atoms with Gasteiger partial charge >= 0.3 is 0 Å². The molecular formula is C13H17ClO2. The highest BCUT2D eigenvalue weighted by molar-refractivity contribution is 6.32. The number of carbonyl (C=O) groups excluding carboxylic acids is 1. The summed E-state index contributed by atoms with van der Waals surface area (Å²) < 4.78 is 0. The van der Waals surface area contributed by atoms with Crippen molar-refractivity contribution in [3.63, 3.8) is 0 Å². The molecule has 88 valence electrons. The Bertz CT molecular complexity index is 386. The van der Waals surface area contributed by atoms with Crippen molar-refractivity contribution in [1.82, 2.24) is 0 Å². The zero-order valence-corrected chi connectivity index (χ0v) is 10.6. The number of hydrogen-bond acceptors (Lipinski definition) is 2. The van der Waals surface area contributed by atoms with E-state index in [0.29, 0.717) is 17.4 Å². The fraction of sp³-hybridized carbons (Fsp3) is 0.462. The minimum absolute atomic E-state index is 0.00583. The summed E-state index contributed by atoms with van der Waals surface area (Å²) >= 11 is 5.97. The first-order valence-electron chi connectivity index (χ1n) is 5.43. The van der Waals surface area contributed by atoms with Gasteiger partial charge in [-0.15, -0.1) is 0 Å². The van der Waals surface area contributed by atoms with Crippen LogP contribution in [0.15, 0.2) is 12.1 Å². The number of benzene rings is 1. The van der Waals surface area contributed by atoms with Crippen LogP contribution in [0, 0.1) is 0 Å². The number of aromatic hydroxyl groups is 1. The highest BCUT2D eigenvalue weighted by Crippen LogP contribution is 2.36. The van der Waals surface area contributed by atoms with Gasteiger partial charge in [0.15, 0.2) is 0 Å². The summed E-state index contributed by atoms with van der Waals surface area (Å²) in [4.78, 5) is 10.5. The van der Waals surface area contributed by atoms with Crippen LogP contribution in [0.4, 0.5) is 0 Å². The molecule has 0 radical (unpaired) electrons. The maximum atomic E-state index is 10.5. The van der Waals surface area contributed by atoms with Gasteiger partial charge in [0.05, 0.1) is 5.02 Å². The van der Waals surface area contributed by atoms with Gasteiger partial charge in [-0.25, -0.2) is 0 Å². The summed E-state index contributed by atoms with van der Waals surface area (Å²) in [6.07, 6.45) is 1.26. The Morgan fingerprint density at radius 3 is 2.50 bits per heavy atom. The van der Waals surface area contributed by atoms with Crippen molar-refractivity contribution >= 4 is 17.9 Å². The normalized spacial score (nSPS) is 12.8. The summed E-state index contributed by atoms with van der Waals surface area (Å²) in [6.45, 7) is 6.04. The Kier molecular flexibility index (Phi) is 4.36. The number of phenols is 1. The number of phenolic OH excluding ortho intramolecular Hbond substituents is 1. The number of aldehydes is 1. The molecule has 1 atom stereocenters. The van der Waals surface area contributed by atoms with E-state index in [1.54, 1.807) is 6.07 Å². The lowest BCUT2D eigenvalue weighted by Gasteiger charge is -2.15. The highest BCUT2D eigenvalue weighted by Gasteiger charge is 2.15. The second-order valence-electron chi connectivity index (χ2n) is 4.40. The van der Waals surface area contributed by atoms with Crippen molar-refractivity contribution in [3.05, 3.63) is 28.3 Å². The molecule has 0 aliphatic rings. The third-order valence-corrected chi connectivity index (χ3v) is 3.05. The van der Waals surface area contributed by atoms with Gasteiger partial charge in [0.25, 0.3) is 0 Å². The lowest BCUT2D eigenvalue weighted by Crippen LogP contribution is -1.98. The topological polar surface area (TPSA) is 37.3 Å². The molecule has 3 heteroatoms. The molecule has 0 aliphatic carbocycles. The van der Waals surface area contributed by atoms with E-state index in [4.69, 9.17) is 11.6 Å². The lowest BCUT2D eigenvalue weighted by atomic mass is 9.92. The van der Waals surface area contributed by atoms with Crippen LogP contribution in [0.2, 0.25) is 5.02 Å². The van der Waals surface area contributed by atoms with E-state index in [1.807, 2.05) is 13.0 Å². The van der Waals surface area contributed by atoms with Crippen molar-refractivity contribution < 1.29 is 9.90 Å². The molecule has 0 saturated heterocycles. The third kappa shape index (κ3) is 2.76. The van der Waals surface area contributed by atoms with E-state index in [9.17, 15) is 9.90 Å². The average Bonchev–Trinajstić information content (AvgIpc) is 2.21. The van der Waals surface area contributed by atoms with E-state index in [-0.39, 0.29) is 11.7 Å². The monoisotopic (exact) mass is 240 g/mol. The van der Waals surface area contributed by atoms with E-state index in [2.05, 4.69) is 13.8 Å². The number of carbonyl (C=O) groups is 1. The third-order valence-electron chi connectivity index (χ3n) is 2.76. The molecule has 1 aromatic carbocycles. The van der Waals surface area contributed by atoms with Crippen LogP contribution in [0.3, 0.4) is 0 Å². The predicted molar refractivity (Wildman–Crippen MR) is 66.3 cm³/mol. The van der Waals surface area contributed by atoms with Crippen molar-refractivity contribution in [3.8, 4) is 5.75 Å². The van der Waals surface area contributed by atoms with Gasteiger partial charge in [-0.3, -0.25) is 0 Å². The summed E-state index contributed by atoms with van der Waals surface area (Å²) in [5, 5.41) is 10.2. The maximum Gasteiger partial charge on any atom is 0.137 e. The summed E-state index contributed by atoms with van der Waals surface area (Å²) in [6, 6.07) is 3.71. The van der Waals surface area contributed by atoms with E-state index in [0.717, 1.165) is 17.4 Å². The fourth-order valence-corrected chi connectivity index (χ4v) is 1.86. The minimum Gasteiger partial charge on any atom is -0.506 e. The molecular weight excluding hydrogens is 224 g/mol. The standard InChI is InChI=1S/C13H17ClO2/c1-8(2)10-6-11(9(3)4-5-15)13(16)12(14)7-10/h5-9,16H,4H2,1-3H3. The number of hydrogen-bond donors (Lipinski definition) is 1. The molecule has 1 rings (SSSR count). The molecule has 0 aromatic heterocycles. The number of rotatable bonds is 4. The van der Waals surface area contributed by atoms with Crippen LogP contribution >= 0.6 is 11.6 Å². The molecule has 0 amide bonds. The largest absolute Gasteiger partial charge is 0.506 e. The maximum absolute atomic E-state index is 10.5. The van der Waals surface area contributed by atoms with E-state index < -0.39 is 0 Å². The molecule has 2 nitrogen and oxygen atoms in total. The smallest absolute Gasteiger partial charge is 0.137 e. The van der Waals surface area contributed by atoms with Gasteiger partial charge < -0.3 is 9.90 Å². The molecule has 1 N–H and O–H groups in total. The van der Waals surface area contributed by atoms with Gasteiger partial charge in [0.1, 0.15) is 12.0 Å². The average molecular weight is 241 g/mol. The molecule has 1 aromatic rings. The van der Waals surface area contributed by atoms with Crippen LogP contribution < -0.4 is 0 Å². The Labute approximate surface area is 101 Å². The van der Waals surface area contributed by atoms with E-state index in [1.165, 1.54) is 0 Å². The lowest BCUT2D eigenvalue weighted by molar-refractivity contribution is -0.108. The zero-order chi connectivity index (χ0) is 12.3. The fourth-order valence-electron chi connectivity index (χ4n) is 1.62. The van der Waals surface area contributed by atoms with Gasteiger partial charge in [-0.2, -0.15) is 0 Å². The number of halogens is 1. The van der Waals surface area contributed by atoms with Crippen LogP contribution in [-0.2, 0) is 4.79 Å². The Morgan fingerprint density at radius 2 is 2.00 bits per heavy atom. The van der Waals surface area contributed by atoms with Gasteiger partial charge in [-0.1, -0.05) is 38.4 Å². The van der Waals surface area contributed by atoms with Crippen LogP contribution in [0.5, 0.6) is 5.75 Å². The molecule has 0 spiro atoms. The Balaban J connectivity index is 3.20. The second-order valence-corrected chi connectivity index (χ2v) is 4.81. The summed E-state index contributed by atoms with van der Waals surface area (Å²) in [5.74, 6) is 0.439. The van der Waals surface area contributed by atoms with Gasteiger partial charge in [-0.05, 0) is 29.0 Å². The Morgan fingerprint density at radius 1 is 1.38 bits per heavy atom. The first-order valence-corrected chi connectivity index (χ1v) is 5.81. The Hall–Kier alpha value is -1.02. The van der Waals surface area contributed by atoms with Crippen molar-refractivity contribution in [1.29, 1.82) is 0 Å². The molecule has 0 aliphatic heterocycles. The quantitative estimate of drug-likeness (QED) is 0.812. The molecule has 0 bridgehead atoms. The van der Waals surface area contributed by atoms with Crippen molar-refractivity contribution in [2.24, 2.45) is 0 Å². The van der Waals surface area contributed by atoms with Crippen LogP contribution in [0.25, 0.3) is 0 Å². The van der Waals surface area contributed by atoms with Gasteiger partial charge in [0.2, 0.25) is 0 Å². The molecule has 0 heterocycles. The zero-order valence-electron chi connectivity index (χ0n) is 9.83. The van der Waals surface area contributed by atoms with Crippen molar-refractivity contribution in [2.45, 2.75) is 39.0 Å². The van der Waals surface area contributed by atoms with Crippen LogP contribution in [-0.4, -0.2) is 11.4 Å². The first kappa shape index (κ1) is 13.0. The summed E-state index contributed by atoms with van der Waals surface area (Å²) in [7, 11) is 0. The second kappa shape index (κ2) is 5.35. The first-order chi connectivity index (χ1) is 7.47. The molecule has 1 unspecified atom stereocenters. The highest BCUT2D eigenvalue weighted by atomic mass is 35.5. The molecule has 0 saturated carbocycles. The van der Waals surface area contributed by atoms with Gasteiger partial charge in [0, 0.05) is 6.42 Å².